The van der Waals surface area contributed by atoms with E-state index >= 15 is 0 Å². The minimum absolute atomic E-state index is 0.559. The van der Waals surface area contributed by atoms with E-state index in [9.17, 15) is 9.90 Å². The van der Waals surface area contributed by atoms with E-state index in [2.05, 4.69) is 15.1 Å². The maximum atomic E-state index is 11.7. The fourth-order valence-corrected chi connectivity index (χ4v) is 2.97. The van der Waals surface area contributed by atoms with Crippen LogP contribution in [0.2, 0.25) is 0 Å². The zero-order valence-corrected chi connectivity index (χ0v) is 11.9. The number of carboxylic acids is 1. The van der Waals surface area contributed by atoms with Gasteiger partial charge in [0.1, 0.15) is 17.2 Å². The molecule has 1 aromatic heterocycles. The van der Waals surface area contributed by atoms with Crippen LogP contribution in [0.1, 0.15) is 44.3 Å². The molecule has 1 aliphatic heterocycles. The third-order valence-electron chi connectivity index (χ3n) is 4.20. The van der Waals surface area contributed by atoms with Crippen molar-refractivity contribution in [2.75, 3.05) is 6.54 Å². The molecular formula is C13H22N4O2. The molecule has 1 unspecified atom stereocenters. The molecule has 0 radical (unpaired) electrons. The number of rotatable bonds is 5. The van der Waals surface area contributed by atoms with Gasteiger partial charge in [-0.15, -0.1) is 10.2 Å². The lowest BCUT2D eigenvalue weighted by atomic mass is 9.90. The molecule has 0 amide bonds. The van der Waals surface area contributed by atoms with Gasteiger partial charge < -0.3 is 9.67 Å². The van der Waals surface area contributed by atoms with Crippen LogP contribution < -0.4 is 0 Å². The largest absolute Gasteiger partial charge is 0.480 e. The highest BCUT2D eigenvalue weighted by molar-refractivity contribution is 5.79. The Kier molecular flexibility index (Phi) is 3.89. The first kappa shape index (κ1) is 14.0. The van der Waals surface area contributed by atoms with E-state index in [0.717, 1.165) is 37.5 Å². The maximum Gasteiger partial charge on any atom is 0.324 e. The van der Waals surface area contributed by atoms with Gasteiger partial charge in [-0.1, -0.05) is 13.3 Å². The second kappa shape index (κ2) is 5.28. The van der Waals surface area contributed by atoms with Crippen molar-refractivity contribution in [1.82, 2.24) is 19.7 Å². The number of aryl methyl sites for hydroxylation is 1. The summed E-state index contributed by atoms with van der Waals surface area (Å²) in [6.07, 6.45) is 3.23. The van der Waals surface area contributed by atoms with Gasteiger partial charge >= 0.3 is 5.97 Å². The van der Waals surface area contributed by atoms with Gasteiger partial charge in [0, 0.05) is 7.05 Å². The highest BCUT2D eigenvalue weighted by atomic mass is 16.4. The predicted octanol–water partition coefficient (Wildman–Crippen LogP) is 1.34. The summed E-state index contributed by atoms with van der Waals surface area (Å²) in [7, 11) is 1.92. The summed E-state index contributed by atoms with van der Waals surface area (Å²) >= 11 is 0. The van der Waals surface area contributed by atoms with Crippen LogP contribution in [0.4, 0.5) is 0 Å². The summed E-state index contributed by atoms with van der Waals surface area (Å²) in [6, 6.07) is 0. The summed E-state index contributed by atoms with van der Waals surface area (Å²) in [5.74, 6) is 0.984. The van der Waals surface area contributed by atoms with E-state index in [4.69, 9.17) is 0 Å². The Morgan fingerprint density at radius 3 is 2.74 bits per heavy atom. The number of aliphatic carboxylic acids is 1. The van der Waals surface area contributed by atoms with Gasteiger partial charge in [0.25, 0.3) is 0 Å². The lowest BCUT2D eigenvalue weighted by Gasteiger charge is -2.34. The molecule has 1 atom stereocenters. The van der Waals surface area contributed by atoms with Gasteiger partial charge in [-0.3, -0.25) is 9.69 Å². The quantitative estimate of drug-likeness (QED) is 0.871. The molecule has 1 aliphatic rings. The van der Waals surface area contributed by atoms with Gasteiger partial charge in [0.05, 0.1) is 6.54 Å². The van der Waals surface area contributed by atoms with Crippen LogP contribution in [0.15, 0.2) is 0 Å². The Balaban J connectivity index is 2.22. The van der Waals surface area contributed by atoms with E-state index in [-0.39, 0.29) is 0 Å². The second-order valence-electron chi connectivity index (χ2n) is 5.33. The molecule has 6 nitrogen and oxygen atoms in total. The Hall–Kier alpha value is -1.43. The van der Waals surface area contributed by atoms with Crippen molar-refractivity contribution >= 4 is 5.97 Å². The fourth-order valence-electron chi connectivity index (χ4n) is 2.97. The van der Waals surface area contributed by atoms with Gasteiger partial charge in [-0.2, -0.15) is 0 Å². The lowest BCUT2D eigenvalue weighted by Crippen LogP contribution is -2.50. The van der Waals surface area contributed by atoms with Gasteiger partial charge in [-0.25, -0.2) is 0 Å². The maximum absolute atomic E-state index is 11.7. The van der Waals surface area contributed by atoms with Crippen molar-refractivity contribution in [3.8, 4) is 0 Å². The highest BCUT2D eigenvalue weighted by Crippen LogP contribution is 2.35. The van der Waals surface area contributed by atoms with Crippen molar-refractivity contribution in [2.24, 2.45) is 7.05 Å². The molecule has 0 spiro atoms. The van der Waals surface area contributed by atoms with Crippen LogP contribution in [0, 0.1) is 6.92 Å². The average molecular weight is 266 g/mol. The van der Waals surface area contributed by atoms with Crippen molar-refractivity contribution in [3.05, 3.63) is 11.6 Å². The summed E-state index contributed by atoms with van der Waals surface area (Å²) in [5.41, 5.74) is -0.714. The molecule has 0 saturated carbocycles. The number of aromatic nitrogens is 3. The first-order chi connectivity index (χ1) is 9.01. The first-order valence-corrected chi connectivity index (χ1v) is 6.84. The number of hydrogen-bond acceptors (Lipinski definition) is 4. The standard InChI is InChI=1S/C13H22N4O2/c1-4-6-13(12(18)19)7-5-8-17(13)9-11-15-14-10(2)16(11)3/h4-9H2,1-3H3,(H,18,19). The molecule has 2 heterocycles. The summed E-state index contributed by atoms with van der Waals surface area (Å²) < 4.78 is 1.93. The molecule has 1 aromatic rings. The smallest absolute Gasteiger partial charge is 0.324 e. The Bertz CT molecular complexity index is 471. The zero-order valence-electron chi connectivity index (χ0n) is 11.9. The number of likely N-dealkylation sites (tertiary alicyclic amines) is 1. The molecule has 19 heavy (non-hydrogen) atoms. The molecule has 1 fully saturated rings. The van der Waals surface area contributed by atoms with Crippen LogP contribution >= 0.6 is 0 Å². The molecule has 106 valence electrons. The molecule has 0 aliphatic carbocycles. The average Bonchev–Trinajstić information content (AvgIpc) is 2.90. The first-order valence-electron chi connectivity index (χ1n) is 6.84. The van der Waals surface area contributed by atoms with Gasteiger partial charge in [0.2, 0.25) is 0 Å². The van der Waals surface area contributed by atoms with Crippen molar-refractivity contribution < 1.29 is 9.90 Å². The fraction of sp³-hybridized carbons (Fsp3) is 0.769. The molecule has 6 heteroatoms. The van der Waals surface area contributed by atoms with Crippen LogP contribution in [0.5, 0.6) is 0 Å². The highest BCUT2D eigenvalue weighted by Gasteiger charge is 2.47. The number of carboxylic acid groups (broad SMARTS) is 1. The summed E-state index contributed by atoms with van der Waals surface area (Å²) in [6.45, 7) is 5.31. The topological polar surface area (TPSA) is 71.2 Å². The summed E-state index contributed by atoms with van der Waals surface area (Å²) in [4.78, 5) is 13.8. The van der Waals surface area contributed by atoms with E-state index in [1.807, 2.05) is 25.5 Å². The molecule has 1 saturated heterocycles. The van der Waals surface area contributed by atoms with Crippen molar-refractivity contribution in [3.63, 3.8) is 0 Å². The molecule has 2 rings (SSSR count). The van der Waals surface area contributed by atoms with E-state index in [1.165, 1.54) is 0 Å². The third kappa shape index (κ3) is 2.36. The minimum atomic E-state index is -0.714. The third-order valence-corrected chi connectivity index (χ3v) is 4.20. The van der Waals surface area contributed by atoms with Crippen molar-refractivity contribution in [1.29, 1.82) is 0 Å². The van der Waals surface area contributed by atoms with Crippen molar-refractivity contribution in [2.45, 2.75) is 51.6 Å². The monoisotopic (exact) mass is 266 g/mol. The SMILES string of the molecule is CCCC1(C(=O)O)CCCN1Cc1nnc(C)n1C. The predicted molar refractivity (Wildman–Crippen MR) is 70.7 cm³/mol. The molecule has 0 bridgehead atoms. The van der Waals surface area contributed by atoms with Crippen LogP contribution in [0.25, 0.3) is 0 Å². The van der Waals surface area contributed by atoms with Gasteiger partial charge in [0.15, 0.2) is 0 Å². The van der Waals surface area contributed by atoms with E-state index in [1.54, 1.807) is 0 Å². The Morgan fingerprint density at radius 1 is 1.47 bits per heavy atom. The number of nitrogens with zero attached hydrogens (tertiary/aromatic N) is 4. The minimum Gasteiger partial charge on any atom is -0.480 e. The van der Waals surface area contributed by atoms with Crippen LogP contribution in [-0.4, -0.2) is 42.8 Å². The molecule has 0 aromatic carbocycles. The van der Waals surface area contributed by atoms with E-state index in [0.29, 0.717) is 13.0 Å². The normalized spacial score (nSPS) is 23.9. The second-order valence-corrected chi connectivity index (χ2v) is 5.33. The molecular weight excluding hydrogens is 244 g/mol. The van der Waals surface area contributed by atoms with E-state index < -0.39 is 11.5 Å². The zero-order chi connectivity index (χ0) is 14.0. The van der Waals surface area contributed by atoms with Crippen LogP contribution in [0.3, 0.4) is 0 Å². The summed E-state index contributed by atoms with van der Waals surface area (Å²) in [5, 5.41) is 17.8. The van der Waals surface area contributed by atoms with Gasteiger partial charge in [-0.05, 0) is 32.7 Å². The Morgan fingerprint density at radius 2 is 2.21 bits per heavy atom. The number of hydrogen-bond donors (Lipinski definition) is 1. The van der Waals surface area contributed by atoms with Crippen LogP contribution in [-0.2, 0) is 18.4 Å². The Labute approximate surface area is 113 Å². The molecule has 1 N–H and O–H groups in total. The number of carbonyl (C=O) groups is 1. The lowest BCUT2D eigenvalue weighted by molar-refractivity contribution is -0.150.